The van der Waals surface area contributed by atoms with E-state index in [1.807, 2.05) is 38.1 Å². The summed E-state index contributed by atoms with van der Waals surface area (Å²) in [5.74, 6) is 0.696. The fraction of sp³-hybridized carbons (Fsp3) is 0.643. The van der Waals surface area contributed by atoms with Crippen molar-refractivity contribution in [2.75, 3.05) is 27.7 Å². The second kappa shape index (κ2) is 9.98. The highest BCUT2D eigenvalue weighted by Gasteiger charge is 2.11. The van der Waals surface area contributed by atoms with E-state index in [1.165, 1.54) is 0 Å². The van der Waals surface area contributed by atoms with Crippen LogP contribution in [0, 0.1) is 6.92 Å². The van der Waals surface area contributed by atoms with E-state index in [-0.39, 0.29) is 42.5 Å². The number of hydrogen-bond acceptors (Lipinski definition) is 4. The SMILES string of the molecule is Cc1nc(CN(C)C(=NCC(=O)N(C)C)NC(C)C)cs1.I. The molecule has 8 heteroatoms. The third-order valence-electron chi connectivity index (χ3n) is 2.71. The van der Waals surface area contributed by atoms with Crippen molar-refractivity contribution >= 4 is 47.2 Å². The van der Waals surface area contributed by atoms with E-state index in [9.17, 15) is 4.79 Å². The molecule has 0 aliphatic heterocycles. The van der Waals surface area contributed by atoms with Gasteiger partial charge in [-0.25, -0.2) is 9.98 Å². The Morgan fingerprint density at radius 1 is 1.41 bits per heavy atom. The lowest BCUT2D eigenvalue weighted by atomic mass is 10.4. The Balaban J connectivity index is 0.00000441. The van der Waals surface area contributed by atoms with Crippen LogP contribution in [0.4, 0.5) is 0 Å². The van der Waals surface area contributed by atoms with Crippen molar-refractivity contribution in [1.82, 2.24) is 20.1 Å². The Kier molecular flexibility index (Phi) is 9.58. The predicted octanol–water partition coefficient (Wildman–Crippen LogP) is 1.94. The molecule has 1 aromatic rings. The van der Waals surface area contributed by atoms with Crippen molar-refractivity contribution in [3.05, 3.63) is 16.1 Å². The van der Waals surface area contributed by atoms with Gasteiger partial charge in [0.1, 0.15) is 6.54 Å². The molecule has 1 rings (SSSR count). The van der Waals surface area contributed by atoms with Gasteiger partial charge in [-0.1, -0.05) is 0 Å². The summed E-state index contributed by atoms with van der Waals surface area (Å²) < 4.78 is 0. The molecule has 0 fully saturated rings. The zero-order valence-electron chi connectivity index (χ0n) is 14.1. The van der Waals surface area contributed by atoms with Crippen LogP contribution in [0.3, 0.4) is 0 Å². The van der Waals surface area contributed by atoms with Gasteiger partial charge < -0.3 is 15.1 Å². The molecule has 0 spiro atoms. The van der Waals surface area contributed by atoms with Crippen LogP contribution in [0.2, 0.25) is 0 Å². The Hall–Kier alpha value is -0.900. The van der Waals surface area contributed by atoms with Gasteiger partial charge in [0.15, 0.2) is 5.96 Å². The summed E-state index contributed by atoms with van der Waals surface area (Å²) in [6, 6.07) is 0.248. The van der Waals surface area contributed by atoms with E-state index < -0.39 is 0 Å². The molecule has 0 radical (unpaired) electrons. The molecule has 1 N–H and O–H groups in total. The molecule has 0 aliphatic carbocycles. The number of rotatable bonds is 5. The zero-order chi connectivity index (χ0) is 16.0. The molecule has 0 bridgehead atoms. The largest absolute Gasteiger partial charge is 0.354 e. The smallest absolute Gasteiger partial charge is 0.243 e. The van der Waals surface area contributed by atoms with E-state index in [2.05, 4.69) is 15.3 Å². The molecule has 0 unspecified atom stereocenters. The standard InChI is InChI=1S/C14H25N5OS.HI/c1-10(2)16-14(15-7-13(20)18(4)5)19(6)8-12-9-21-11(3)17-12;/h9-10H,7-8H2,1-6H3,(H,15,16);1H. The molecule has 1 heterocycles. The van der Waals surface area contributed by atoms with Crippen LogP contribution in [0.1, 0.15) is 24.5 Å². The lowest BCUT2D eigenvalue weighted by Crippen LogP contribution is -2.42. The fourth-order valence-corrected chi connectivity index (χ4v) is 2.22. The number of nitrogens with zero attached hydrogens (tertiary/aromatic N) is 4. The summed E-state index contributed by atoms with van der Waals surface area (Å²) in [4.78, 5) is 24.1. The summed E-state index contributed by atoms with van der Waals surface area (Å²) in [5, 5.41) is 6.38. The molecule has 22 heavy (non-hydrogen) atoms. The van der Waals surface area contributed by atoms with Gasteiger partial charge in [-0.2, -0.15) is 0 Å². The number of carbonyl (C=O) groups excluding carboxylic acids is 1. The maximum atomic E-state index is 11.7. The van der Waals surface area contributed by atoms with Crippen LogP contribution in [0.5, 0.6) is 0 Å². The van der Waals surface area contributed by atoms with Crippen LogP contribution in [0.15, 0.2) is 10.4 Å². The quantitative estimate of drug-likeness (QED) is 0.433. The lowest BCUT2D eigenvalue weighted by molar-refractivity contribution is -0.127. The molecule has 0 atom stereocenters. The van der Waals surface area contributed by atoms with Crippen molar-refractivity contribution in [2.45, 2.75) is 33.4 Å². The molecule has 6 nitrogen and oxygen atoms in total. The molecule has 1 aromatic heterocycles. The molecule has 126 valence electrons. The number of hydrogen-bond donors (Lipinski definition) is 1. The van der Waals surface area contributed by atoms with Gasteiger partial charge in [0.25, 0.3) is 0 Å². The first-order valence-corrected chi connectivity index (χ1v) is 7.80. The van der Waals surface area contributed by atoms with Crippen molar-refractivity contribution in [3.63, 3.8) is 0 Å². The monoisotopic (exact) mass is 439 g/mol. The van der Waals surface area contributed by atoms with Crippen LogP contribution < -0.4 is 5.32 Å². The van der Waals surface area contributed by atoms with Gasteiger partial charge in [0, 0.05) is 32.6 Å². The van der Waals surface area contributed by atoms with Crippen molar-refractivity contribution < 1.29 is 4.79 Å². The van der Waals surface area contributed by atoms with Gasteiger partial charge in [-0.15, -0.1) is 35.3 Å². The average molecular weight is 439 g/mol. The van der Waals surface area contributed by atoms with Gasteiger partial charge >= 0.3 is 0 Å². The summed E-state index contributed by atoms with van der Waals surface area (Å²) in [6.07, 6.45) is 0. The first-order chi connectivity index (χ1) is 9.79. The van der Waals surface area contributed by atoms with Crippen molar-refractivity contribution in [2.24, 2.45) is 4.99 Å². The van der Waals surface area contributed by atoms with Crippen LogP contribution >= 0.6 is 35.3 Å². The number of likely N-dealkylation sites (N-methyl/N-ethyl adjacent to an activating group) is 1. The van der Waals surface area contributed by atoms with Crippen molar-refractivity contribution in [3.8, 4) is 0 Å². The minimum absolute atomic E-state index is 0. The normalized spacial score (nSPS) is 11.1. The summed E-state index contributed by atoms with van der Waals surface area (Å²) in [5.41, 5.74) is 1.01. The topological polar surface area (TPSA) is 60.8 Å². The number of halogens is 1. The Morgan fingerprint density at radius 2 is 2.05 bits per heavy atom. The number of nitrogens with one attached hydrogen (secondary N) is 1. The number of aryl methyl sites for hydroxylation is 1. The van der Waals surface area contributed by atoms with E-state index in [0.29, 0.717) is 12.5 Å². The molecular weight excluding hydrogens is 413 g/mol. The van der Waals surface area contributed by atoms with E-state index in [4.69, 9.17) is 0 Å². The maximum absolute atomic E-state index is 11.7. The van der Waals surface area contributed by atoms with Crippen molar-refractivity contribution in [1.29, 1.82) is 0 Å². The first-order valence-electron chi connectivity index (χ1n) is 6.93. The zero-order valence-corrected chi connectivity index (χ0v) is 17.2. The maximum Gasteiger partial charge on any atom is 0.243 e. The van der Waals surface area contributed by atoms with Gasteiger partial charge in [-0.3, -0.25) is 4.79 Å². The van der Waals surface area contributed by atoms with E-state index in [0.717, 1.165) is 10.7 Å². The van der Waals surface area contributed by atoms with Gasteiger partial charge in [0.05, 0.1) is 17.2 Å². The molecule has 1 amide bonds. The predicted molar refractivity (Wildman–Crippen MR) is 103 cm³/mol. The number of amides is 1. The second-order valence-corrected chi connectivity index (χ2v) is 6.50. The lowest BCUT2D eigenvalue weighted by Gasteiger charge is -2.23. The summed E-state index contributed by atoms with van der Waals surface area (Å²) in [6.45, 7) is 6.89. The summed E-state index contributed by atoms with van der Waals surface area (Å²) in [7, 11) is 5.41. The third-order valence-corrected chi connectivity index (χ3v) is 3.53. The summed E-state index contributed by atoms with van der Waals surface area (Å²) >= 11 is 1.64. The third kappa shape index (κ3) is 7.39. The second-order valence-electron chi connectivity index (χ2n) is 5.44. The number of aliphatic imine (C=N–C) groups is 1. The van der Waals surface area contributed by atoms with Crippen LogP contribution in [0.25, 0.3) is 0 Å². The highest BCUT2D eigenvalue weighted by molar-refractivity contribution is 14.0. The van der Waals surface area contributed by atoms with Gasteiger partial charge in [0.2, 0.25) is 5.91 Å². The fourth-order valence-electron chi connectivity index (χ4n) is 1.62. The van der Waals surface area contributed by atoms with Crippen LogP contribution in [-0.2, 0) is 11.3 Å². The number of thiazole rings is 1. The van der Waals surface area contributed by atoms with Crippen LogP contribution in [-0.4, -0.2) is 60.4 Å². The minimum atomic E-state index is -0.0176. The number of guanidine groups is 1. The Morgan fingerprint density at radius 3 is 2.50 bits per heavy atom. The Labute approximate surface area is 154 Å². The van der Waals surface area contributed by atoms with E-state index >= 15 is 0 Å². The number of carbonyl (C=O) groups is 1. The molecule has 0 saturated heterocycles. The molecule has 0 aromatic carbocycles. The highest BCUT2D eigenvalue weighted by atomic mass is 127. The number of aromatic nitrogens is 1. The molecular formula is C14H26IN5OS. The molecule has 0 saturated carbocycles. The molecule has 0 aliphatic rings. The van der Waals surface area contributed by atoms with E-state index in [1.54, 1.807) is 30.3 Å². The van der Waals surface area contributed by atoms with Gasteiger partial charge in [-0.05, 0) is 20.8 Å². The first kappa shape index (κ1) is 21.1. The Bertz CT molecular complexity index is 501. The highest BCUT2D eigenvalue weighted by Crippen LogP contribution is 2.09. The minimum Gasteiger partial charge on any atom is -0.354 e. The average Bonchev–Trinajstić information content (AvgIpc) is 2.78.